The van der Waals surface area contributed by atoms with Gasteiger partial charge in [0.2, 0.25) is 0 Å². The van der Waals surface area contributed by atoms with Gasteiger partial charge in [-0.2, -0.15) is 0 Å². The van der Waals surface area contributed by atoms with Crippen molar-refractivity contribution in [3.63, 3.8) is 0 Å². The van der Waals surface area contributed by atoms with E-state index in [0.29, 0.717) is 6.10 Å². The third-order valence-corrected chi connectivity index (χ3v) is 3.82. The van der Waals surface area contributed by atoms with Crippen LogP contribution in [0.2, 0.25) is 19.6 Å². The largest absolute Gasteiger partial charge is 0.415 e. The van der Waals surface area contributed by atoms with Crippen molar-refractivity contribution < 1.29 is 4.43 Å². The van der Waals surface area contributed by atoms with E-state index in [1.54, 1.807) is 0 Å². The number of hydrogen-bond donors (Lipinski definition) is 0. The molecule has 0 bridgehead atoms. The predicted molar refractivity (Wildman–Crippen MR) is 76.5 cm³/mol. The standard InChI is InChI=1S/C14H32OSi/c1-6-8-10-12-14(13-11-9-7-2)15-16(3,4)5/h14H,6-13H2,1-5H3. The zero-order valence-corrected chi connectivity index (χ0v) is 13.1. The molecule has 0 aliphatic carbocycles. The smallest absolute Gasteiger partial charge is 0.184 e. The Morgan fingerprint density at radius 3 is 1.56 bits per heavy atom. The van der Waals surface area contributed by atoms with Crippen LogP contribution in [0.5, 0.6) is 0 Å². The van der Waals surface area contributed by atoms with Crippen LogP contribution >= 0.6 is 0 Å². The van der Waals surface area contributed by atoms with E-state index in [1.807, 2.05) is 0 Å². The Morgan fingerprint density at radius 2 is 1.25 bits per heavy atom. The molecule has 1 nitrogen and oxygen atoms in total. The maximum absolute atomic E-state index is 6.27. The lowest BCUT2D eigenvalue weighted by molar-refractivity contribution is 0.166. The molecule has 0 saturated carbocycles. The summed E-state index contributed by atoms with van der Waals surface area (Å²) >= 11 is 0. The summed E-state index contributed by atoms with van der Waals surface area (Å²) in [6.45, 7) is 11.5. The monoisotopic (exact) mass is 244 g/mol. The molecule has 98 valence electrons. The first-order valence-corrected chi connectivity index (χ1v) is 10.6. The minimum atomic E-state index is -1.34. The van der Waals surface area contributed by atoms with Crippen LogP contribution in [0.25, 0.3) is 0 Å². The van der Waals surface area contributed by atoms with Crippen LogP contribution in [0, 0.1) is 0 Å². The molecule has 0 saturated heterocycles. The lowest BCUT2D eigenvalue weighted by Crippen LogP contribution is -2.32. The first-order chi connectivity index (χ1) is 7.49. The molecule has 0 aliphatic rings. The van der Waals surface area contributed by atoms with Gasteiger partial charge in [-0.3, -0.25) is 0 Å². The van der Waals surface area contributed by atoms with E-state index in [4.69, 9.17) is 4.43 Å². The Balaban J connectivity index is 3.85. The average molecular weight is 244 g/mol. The molecule has 0 unspecified atom stereocenters. The summed E-state index contributed by atoms with van der Waals surface area (Å²) < 4.78 is 6.27. The summed E-state index contributed by atoms with van der Waals surface area (Å²) in [6, 6.07) is 0. The summed E-state index contributed by atoms with van der Waals surface area (Å²) in [4.78, 5) is 0. The van der Waals surface area contributed by atoms with Gasteiger partial charge in [0.05, 0.1) is 0 Å². The van der Waals surface area contributed by atoms with Crippen molar-refractivity contribution in [2.24, 2.45) is 0 Å². The van der Waals surface area contributed by atoms with E-state index in [-0.39, 0.29) is 0 Å². The molecule has 0 spiro atoms. The minimum Gasteiger partial charge on any atom is -0.415 e. The second kappa shape index (κ2) is 9.23. The summed E-state index contributed by atoms with van der Waals surface area (Å²) in [5.41, 5.74) is 0. The number of rotatable bonds is 10. The molecule has 0 atom stereocenters. The molecule has 0 aromatic rings. The van der Waals surface area contributed by atoms with Crippen LogP contribution < -0.4 is 0 Å². The van der Waals surface area contributed by atoms with E-state index in [0.717, 1.165) is 0 Å². The summed E-state index contributed by atoms with van der Waals surface area (Å²) in [6.07, 6.45) is 11.1. The highest BCUT2D eigenvalue weighted by Gasteiger charge is 2.20. The Kier molecular flexibility index (Phi) is 9.33. The van der Waals surface area contributed by atoms with E-state index >= 15 is 0 Å². The highest BCUT2D eigenvalue weighted by atomic mass is 28.4. The zero-order valence-electron chi connectivity index (χ0n) is 12.1. The van der Waals surface area contributed by atoms with Crippen LogP contribution in [-0.2, 0) is 4.43 Å². The first kappa shape index (κ1) is 16.2. The van der Waals surface area contributed by atoms with Crippen LogP contribution in [0.3, 0.4) is 0 Å². The fraction of sp³-hybridized carbons (Fsp3) is 1.00. The van der Waals surface area contributed by atoms with Gasteiger partial charge in [-0.05, 0) is 32.5 Å². The molecular weight excluding hydrogens is 212 g/mol. The van der Waals surface area contributed by atoms with Crippen LogP contribution in [0.4, 0.5) is 0 Å². The van der Waals surface area contributed by atoms with E-state index in [1.165, 1.54) is 51.4 Å². The van der Waals surface area contributed by atoms with E-state index in [9.17, 15) is 0 Å². The third-order valence-electron chi connectivity index (χ3n) is 2.78. The predicted octanol–water partition coefficient (Wildman–Crippen LogP) is 5.37. The molecular formula is C14H32OSi. The van der Waals surface area contributed by atoms with Gasteiger partial charge in [0.15, 0.2) is 8.32 Å². The normalized spacial score (nSPS) is 12.4. The van der Waals surface area contributed by atoms with Crippen molar-refractivity contribution in [3.8, 4) is 0 Å². The lowest BCUT2D eigenvalue weighted by atomic mass is 10.0. The Morgan fingerprint density at radius 1 is 0.812 bits per heavy atom. The molecule has 16 heavy (non-hydrogen) atoms. The van der Waals surface area contributed by atoms with Crippen molar-refractivity contribution in [1.29, 1.82) is 0 Å². The van der Waals surface area contributed by atoms with Crippen molar-refractivity contribution in [3.05, 3.63) is 0 Å². The van der Waals surface area contributed by atoms with Crippen LogP contribution in [0.1, 0.15) is 65.2 Å². The van der Waals surface area contributed by atoms with Crippen molar-refractivity contribution >= 4 is 8.32 Å². The Bertz CT molecular complexity index is 141. The fourth-order valence-corrected chi connectivity index (χ4v) is 3.24. The van der Waals surface area contributed by atoms with Crippen molar-refractivity contribution in [2.75, 3.05) is 0 Å². The highest BCUT2D eigenvalue weighted by molar-refractivity contribution is 6.69. The Hall–Kier alpha value is 0.177. The van der Waals surface area contributed by atoms with Crippen LogP contribution in [-0.4, -0.2) is 14.4 Å². The van der Waals surface area contributed by atoms with Gasteiger partial charge in [-0.15, -0.1) is 0 Å². The second-order valence-corrected chi connectivity index (χ2v) is 10.3. The molecule has 0 radical (unpaired) electrons. The van der Waals surface area contributed by atoms with E-state index in [2.05, 4.69) is 33.5 Å². The molecule has 0 aromatic heterocycles. The van der Waals surface area contributed by atoms with Gasteiger partial charge in [-0.25, -0.2) is 0 Å². The SMILES string of the molecule is CCCCCC(CCCCC)O[Si](C)(C)C. The molecule has 0 aliphatic heterocycles. The molecule has 2 heteroatoms. The maximum Gasteiger partial charge on any atom is 0.184 e. The minimum absolute atomic E-state index is 0.546. The van der Waals surface area contributed by atoms with Gasteiger partial charge < -0.3 is 4.43 Å². The molecule has 0 rings (SSSR count). The molecule has 0 heterocycles. The lowest BCUT2D eigenvalue weighted by Gasteiger charge is -2.26. The van der Waals surface area contributed by atoms with Gasteiger partial charge in [-0.1, -0.05) is 52.4 Å². The van der Waals surface area contributed by atoms with Gasteiger partial charge in [0, 0.05) is 6.10 Å². The Labute approximate surface area is 104 Å². The number of unbranched alkanes of at least 4 members (excludes halogenated alkanes) is 4. The first-order valence-electron chi connectivity index (χ1n) is 7.17. The van der Waals surface area contributed by atoms with Crippen LogP contribution in [0.15, 0.2) is 0 Å². The van der Waals surface area contributed by atoms with Crippen molar-refractivity contribution in [1.82, 2.24) is 0 Å². The fourth-order valence-electron chi connectivity index (χ4n) is 2.01. The van der Waals surface area contributed by atoms with Gasteiger partial charge in [0.1, 0.15) is 0 Å². The van der Waals surface area contributed by atoms with E-state index < -0.39 is 8.32 Å². The molecule has 0 amide bonds. The maximum atomic E-state index is 6.27. The second-order valence-electron chi connectivity index (χ2n) is 5.84. The summed E-state index contributed by atoms with van der Waals surface area (Å²) in [5.74, 6) is 0. The van der Waals surface area contributed by atoms with Gasteiger partial charge >= 0.3 is 0 Å². The molecule has 0 aromatic carbocycles. The highest BCUT2D eigenvalue weighted by Crippen LogP contribution is 2.18. The summed E-state index contributed by atoms with van der Waals surface area (Å²) in [5, 5.41) is 0. The number of hydrogen-bond acceptors (Lipinski definition) is 1. The summed E-state index contributed by atoms with van der Waals surface area (Å²) in [7, 11) is -1.34. The third kappa shape index (κ3) is 10.7. The quantitative estimate of drug-likeness (QED) is 0.371. The molecule has 0 N–H and O–H groups in total. The molecule has 0 fully saturated rings. The van der Waals surface area contributed by atoms with Gasteiger partial charge in [0.25, 0.3) is 0 Å². The average Bonchev–Trinajstić information content (AvgIpc) is 2.16. The van der Waals surface area contributed by atoms with Crippen molar-refractivity contribution in [2.45, 2.75) is 91.0 Å². The topological polar surface area (TPSA) is 9.23 Å². The zero-order chi connectivity index (χ0) is 12.4.